The van der Waals surface area contributed by atoms with Gasteiger partial charge in [-0.1, -0.05) is 35.9 Å². The van der Waals surface area contributed by atoms with Gasteiger partial charge < -0.3 is 5.73 Å². The summed E-state index contributed by atoms with van der Waals surface area (Å²) >= 11 is 8.53. The lowest BCUT2D eigenvalue weighted by atomic mass is 10.1. The molecule has 3 nitrogen and oxygen atoms in total. The van der Waals surface area contributed by atoms with E-state index in [9.17, 15) is 0 Å². The first-order valence-corrected chi connectivity index (χ1v) is 7.56. The largest absolute Gasteiger partial charge is 0.325 e. The van der Waals surface area contributed by atoms with Crippen molar-refractivity contribution in [1.29, 1.82) is 0 Å². The summed E-state index contributed by atoms with van der Waals surface area (Å²) in [4.78, 5) is 9.36. The van der Waals surface area contributed by atoms with E-state index in [4.69, 9.17) is 22.3 Å². The fraction of sp³-hybridized carbons (Fsp3) is 0.0667. The summed E-state index contributed by atoms with van der Waals surface area (Å²) in [6.45, 7) is 0.328. The lowest BCUT2D eigenvalue weighted by molar-refractivity contribution is 0.992. The van der Waals surface area contributed by atoms with Gasteiger partial charge in [0.1, 0.15) is 5.52 Å². The van der Waals surface area contributed by atoms with Crippen molar-refractivity contribution < 1.29 is 0 Å². The number of nitrogens with zero attached hydrogens (tertiary/aromatic N) is 2. The van der Waals surface area contributed by atoms with E-state index in [2.05, 4.69) is 27.6 Å². The molecule has 0 aliphatic heterocycles. The van der Waals surface area contributed by atoms with Crippen LogP contribution in [0, 0.1) is 3.57 Å². The molecule has 3 aromatic rings. The third-order valence-corrected chi connectivity index (χ3v) is 4.24. The zero-order valence-corrected chi connectivity index (χ0v) is 13.4. The van der Waals surface area contributed by atoms with Crippen LogP contribution in [0.25, 0.3) is 22.3 Å². The van der Waals surface area contributed by atoms with Crippen molar-refractivity contribution in [3.63, 3.8) is 0 Å². The average molecular weight is 396 g/mol. The predicted molar refractivity (Wildman–Crippen MR) is 90.6 cm³/mol. The molecule has 0 spiro atoms. The van der Waals surface area contributed by atoms with E-state index in [-0.39, 0.29) is 0 Å². The van der Waals surface area contributed by atoms with Crippen LogP contribution >= 0.6 is 34.2 Å². The second-order valence-electron chi connectivity index (χ2n) is 4.31. The minimum absolute atomic E-state index is 0.328. The van der Waals surface area contributed by atoms with Crippen LogP contribution in [0.2, 0.25) is 5.02 Å². The molecule has 0 atom stereocenters. The van der Waals surface area contributed by atoms with Crippen LogP contribution in [0.1, 0.15) is 5.69 Å². The fourth-order valence-electron chi connectivity index (χ4n) is 2.09. The highest BCUT2D eigenvalue weighted by Crippen LogP contribution is 2.30. The van der Waals surface area contributed by atoms with E-state index < -0.39 is 0 Å². The number of nitrogens with two attached hydrogens (primary N) is 1. The van der Waals surface area contributed by atoms with E-state index >= 15 is 0 Å². The molecule has 0 bridgehead atoms. The van der Waals surface area contributed by atoms with Crippen LogP contribution in [0.5, 0.6) is 0 Å². The van der Waals surface area contributed by atoms with Crippen molar-refractivity contribution in [1.82, 2.24) is 9.97 Å². The number of para-hydroxylation sites is 1. The minimum Gasteiger partial charge on any atom is -0.325 e. The maximum absolute atomic E-state index is 6.27. The topological polar surface area (TPSA) is 51.8 Å². The Balaban J connectivity index is 2.34. The van der Waals surface area contributed by atoms with Crippen LogP contribution in [0.3, 0.4) is 0 Å². The number of fused-ring (bicyclic) bond motifs is 1. The summed E-state index contributed by atoms with van der Waals surface area (Å²) in [6, 6.07) is 13.5. The van der Waals surface area contributed by atoms with Gasteiger partial charge in [0.15, 0.2) is 0 Å². The van der Waals surface area contributed by atoms with Gasteiger partial charge in [-0.3, -0.25) is 0 Å². The van der Waals surface area contributed by atoms with Gasteiger partial charge >= 0.3 is 0 Å². The Bertz CT molecular complexity index is 789. The SMILES string of the molecule is NCc1nc2cccc(I)c2nc1-c1ccccc1Cl. The van der Waals surface area contributed by atoms with Crippen molar-refractivity contribution in [2.75, 3.05) is 0 Å². The Morgan fingerprint density at radius 3 is 2.60 bits per heavy atom. The molecule has 0 aliphatic rings. The van der Waals surface area contributed by atoms with Crippen LogP contribution in [-0.4, -0.2) is 9.97 Å². The smallest absolute Gasteiger partial charge is 0.103 e. The predicted octanol–water partition coefficient (Wildman–Crippen LogP) is 4.01. The van der Waals surface area contributed by atoms with Gasteiger partial charge in [0.25, 0.3) is 0 Å². The first-order chi connectivity index (χ1) is 9.70. The van der Waals surface area contributed by atoms with Crippen molar-refractivity contribution in [3.8, 4) is 11.3 Å². The van der Waals surface area contributed by atoms with Crippen molar-refractivity contribution in [3.05, 3.63) is 56.8 Å². The summed E-state index contributed by atoms with van der Waals surface area (Å²) < 4.78 is 1.06. The average Bonchev–Trinajstić information content (AvgIpc) is 2.47. The summed E-state index contributed by atoms with van der Waals surface area (Å²) in [5, 5.41) is 0.654. The zero-order valence-electron chi connectivity index (χ0n) is 10.5. The van der Waals surface area contributed by atoms with Gasteiger partial charge in [0.2, 0.25) is 0 Å². The molecule has 0 amide bonds. The molecule has 2 N–H and O–H groups in total. The van der Waals surface area contributed by atoms with E-state index in [0.29, 0.717) is 11.6 Å². The molecule has 0 fully saturated rings. The number of hydrogen-bond acceptors (Lipinski definition) is 3. The molecule has 1 aromatic heterocycles. The van der Waals surface area contributed by atoms with E-state index in [1.807, 2.05) is 42.5 Å². The van der Waals surface area contributed by atoms with Crippen LogP contribution < -0.4 is 5.73 Å². The number of aromatic nitrogens is 2. The van der Waals surface area contributed by atoms with E-state index in [1.165, 1.54) is 0 Å². The Hall–Kier alpha value is -1.24. The quantitative estimate of drug-likeness (QED) is 0.667. The first kappa shape index (κ1) is 13.7. The van der Waals surface area contributed by atoms with Crippen molar-refractivity contribution in [2.45, 2.75) is 6.54 Å². The van der Waals surface area contributed by atoms with E-state index in [0.717, 1.165) is 31.6 Å². The molecule has 0 radical (unpaired) electrons. The minimum atomic E-state index is 0.328. The molecule has 0 aliphatic carbocycles. The molecule has 1 heterocycles. The summed E-state index contributed by atoms with van der Waals surface area (Å²) in [6.07, 6.45) is 0. The van der Waals surface area contributed by atoms with Crippen molar-refractivity contribution in [2.24, 2.45) is 5.73 Å². The first-order valence-electron chi connectivity index (χ1n) is 6.11. The molecule has 5 heteroatoms. The van der Waals surface area contributed by atoms with Crippen LogP contribution in [0.15, 0.2) is 42.5 Å². The molecular formula is C15H11ClIN3. The molecule has 0 saturated carbocycles. The molecule has 0 saturated heterocycles. The highest BCUT2D eigenvalue weighted by Gasteiger charge is 2.13. The lowest BCUT2D eigenvalue weighted by Gasteiger charge is -2.10. The molecule has 2 aromatic carbocycles. The van der Waals surface area contributed by atoms with Gasteiger partial charge in [-0.25, -0.2) is 9.97 Å². The van der Waals surface area contributed by atoms with Crippen LogP contribution in [-0.2, 0) is 6.54 Å². The summed E-state index contributed by atoms with van der Waals surface area (Å²) in [7, 11) is 0. The maximum atomic E-state index is 6.27. The third kappa shape index (κ3) is 2.39. The Kier molecular flexibility index (Phi) is 3.87. The standard InChI is InChI=1S/C15H11ClIN3/c16-10-5-2-1-4-9(10)14-13(8-18)19-12-7-3-6-11(17)15(12)20-14/h1-7H,8,18H2. The second-order valence-corrected chi connectivity index (χ2v) is 5.88. The molecule has 0 unspecified atom stereocenters. The monoisotopic (exact) mass is 395 g/mol. The Labute approximate surface area is 135 Å². The fourth-order valence-corrected chi connectivity index (χ4v) is 2.92. The molecule has 100 valence electrons. The molecule has 20 heavy (non-hydrogen) atoms. The normalized spacial score (nSPS) is 10.9. The highest BCUT2D eigenvalue weighted by molar-refractivity contribution is 14.1. The van der Waals surface area contributed by atoms with Gasteiger partial charge in [0.05, 0.1) is 21.9 Å². The lowest BCUT2D eigenvalue weighted by Crippen LogP contribution is -2.05. The van der Waals surface area contributed by atoms with Gasteiger partial charge in [-0.05, 0) is 40.8 Å². The summed E-state index contributed by atoms with van der Waals surface area (Å²) in [5.74, 6) is 0. The number of hydrogen-bond donors (Lipinski definition) is 1. The maximum Gasteiger partial charge on any atom is 0.103 e. The molecular weight excluding hydrogens is 385 g/mol. The van der Waals surface area contributed by atoms with Crippen LogP contribution in [0.4, 0.5) is 0 Å². The van der Waals surface area contributed by atoms with Gasteiger partial charge in [-0.15, -0.1) is 0 Å². The highest BCUT2D eigenvalue weighted by atomic mass is 127. The third-order valence-electron chi connectivity index (χ3n) is 3.04. The zero-order chi connectivity index (χ0) is 14.1. The van der Waals surface area contributed by atoms with Gasteiger partial charge in [0, 0.05) is 15.7 Å². The second kappa shape index (κ2) is 5.63. The van der Waals surface area contributed by atoms with Gasteiger partial charge in [-0.2, -0.15) is 0 Å². The molecule has 3 rings (SSSR count). The van der Waals surface area contributed by atoms with E-state index in [1.54, 1.807) is 0 Å². The van der Waals surface area contributed by atoms with Crippen molar-refractivity contribution >= 4 is 45.2 Å². The Morgan fingerprint density at radius 1 is 1.05 bits per heavy atom. The summed E-state index contributed by atoms with van der Waals surface area (Å²) in [5.41, 5.74) is 9.93. The number of benzene rings is 2. The Morgan fingerprint density at radius 2 is 1.85 bits per heavy atom. The number of halogens is 2. The number of rotatable bonds is 2.